The van der Waals surface area contributed by atoms with E-state index in [4.69, 9.17) is 4.74 Å². The molecule has 2 aromatic carbocycles. The molecule has 0 fully saturated rings. The molecule has 27 heavy (non-hydrogen) atoms. The molecule has 1 aromatic heterocycles. The van der Waals surface area contributed by atoms with Crippen molar-refractivity contribution < 1.29 is 13.9 Å². The van der Waals surface area contributed by atoms with E-state index in [2.05, 4.69) is 4.98 Å². The highest BCUT2D eigenvalue weighted by Crippen LogP contribution is 2.18. The number of nitrogens with zero attached hydrogens (tertiary/aromatic N) is 1. The number of benzene rings is 2. The highest BCUT2D eigenvalue weighted by molar-refractivity contribution is 7.64. The fourth-order valence-electron chi connectivity index (χ4n) is 2.18. The van der Waals surface area contributed by atoms with E-state index in [0.29, 0.717) is 17.9 Å². The van der Waals surface area contributed by atoms with Gasteiger partial charge in [-0.1, -0.05) is 18.2 Å². The third-order valence-corrected chi connectivity index (χ3v) is 3.84. The van der Waals surface area contributed by atoms with Gasteiger partial charge in [-0.2, -0.15) is 0 Å². The Balaban J connectivity index is 0.000000244. The fourth-order valence-corrected chi connectivity index (χ4v) is 2.44. The summed E-state index contributed by atoms with van der Waals surface area (Å²) >= 11 is 0.487. The van der Waals surface area contributed by atoms with Crippen LogP contribution in [0.1, 0.15) is 12.8 Å². The number of aromatic amines is 1. The number of unbranched alkanes of at least 4 members (excludes halogenated alkanes) is 1. The van der Waals surface area contributed by atoms with Crippen molar-refractivity contribution in [2.75, 3.05) is 6.61 Å². The summed E-state index contributed by atoms with van der Waals surface area (Å²) in [5.41, 5.74) is 0.824. The zero-order valence-corrected chi connectivity index (χ0v) is 15.2. The summed E-state index contributed by atoms with van der Waals surface area (Å²) in [6.07, 6.45) is 1.56. The maximum absolute atomic E-state index is 11.1. The molecule has 0 saturated heterocycles. The van der Waals surface area contributed by atoms with Crippen LogP contribution < -0.4 is 10.3 Å². The van der Waals surface area contributed by atoms with Crippen LogP contribution in [-0.4, -0.2) is 26.1 Å². The summed E-state index contributed by atoms with van der Waals surface area (Å²) in [6.45, 7) is 0.575. The van der Waals surface area contributed by atoms with Crippen molar-refractivity contribution in [1.29, 1.82) is 0 Å². The lowest BCUT2D eigenvalue weighted by Gasteiger charge is -2.06. The van der Waals surface area contributed by atoms with Gasteiger partial charge in [-0.3, -0.25) is 14.9 Å². The van der Waals surface area contributed by atoms with Crippen LogP contribution in [0.15, 0.2) is 65.5 Å². The molecule has 3 rings (SSSR count). The molecule has 3 aromatic rings. The van der Waals surface area contributed by atoms with E-state index in [-0.39, 0.29) is 11.2 Å². The Hall–Kier alpha value is -3.26. The second kappa shape index (κ2) is 10.7. The Morgan fingerprint density at radius 2 is 1.89 bits per heavy atom. The predicted octanol–water partition coefficient (Wildman–Crippen LogP) is 3.30. The summed E-state index contributed by atoms with van der Waals surface area (Å²) in [7, 11) is 0. The van der Waals surface area contributed by atoms with Crippen molar-refractivity contribution in [1.82, 2.24) is 4.98 Å². The number of H-pyrrole nitrogens is 1. The molecule has 140 valence electrons. The molecule has 0 unspecified atom stereocenters. The number of rotatable bonds is 6. The lowest BCUT2D eigenvalue weighted by Crippen LogP contribution is -2.02. The van der Waals surface area contributed by atoms with Gasteiger partial charge < -0.3 is 9.72 Å². The van der Waals surface area contributed by atoms with Crippen molar-refractivity contribution in [2.45, 2.75) is 12.8 Å². The Labute approximate surface area is 158 Å². The second-order valence-electron chi connectivity index (χ2n) is 5.42. The van der Waals surface area contributed by atoms with E-state index in [9.17, 15) is 19.1 Å². The summed E-state index contributed by atoms with van der Waals surface area (Å²) in [5.74, 6) is 0.768. The van der Waals surface area contributed by atoms with Gasteiger partial charge in [0, 0.05) is 34.5 Å². The van der Waals surface area contributed by atoms with Gasteiger partial charge >= 0.3 is 0 Å². The number of hydrogen-bond acceptors (Lipinski definition) is 5. The summed E-state index contributed by atoms with van der Waals surface area (Å²) in [5, 5.41) is 12.6. The zero-order chi connectivity index (χ0) is 19.5. The highest BCUT2D eigenvalue weighted by Gasteiger charge is 1.99. The number of aromatic nitrogens is 1. The molecule has 0 bridgehead atoms. The lowest BCUT2D eigenvalue weighted by atomic mass is 10.2. The first-order chi connectivity index (χ1) is 13.1. The molecule has 0 aliphatic rings. The molecule has 0 amide bonds. The number of nitro benzene ring substituents is 1. The summed E-state index contributed by atoms with van der Waals surface area (Å²) in [4.78, 5) is 23.5. The third-order valence-electron chi connectivity index (χ3n) is 3.47. The van der Waals surface area contributed by atoms with Gasteiger partial charge in [0.2, 0.25) is 5.56 Å². The predicted molar refractivity (Wildman–Crippen MR) is 107 cm³/mol. The molecule has 0 spiro atoms. The highest BCUT2D eigenvalue weighted by atomic mass is 32.1. The SMILES string of the molecule is O=S=CCCCOc1ccc2[nH]c(=O)ccc2c1.O=[N+]([O-])c1ccccc1. The number of fused-ring (bicyclic) bond motifs is 1. The average Bonchev–Trinajstić information content (AvgIpc) is 2.69. The van der Waals surface area contributed by atoms with Gasteiger partial charge in [0.25, 0.3) is 5.69 Å². The van der Waals surface area contributed by atoms with Crippen molar-refractivity contribution in [2.24, 2.45) is 0 Å². The minimum Gasteiger partial charge on any atom is -0.494 e. The van der Waals surface area contributed by atoms with Crippen LogP contribution in [0.3, 0.4) is 0 Å². The van der Waals surface area contributed by atoms with Crippen LogP contribution in [0.5, 0.6) is 5.75 Å². The van der Waals surface area contributed by atoms with Crippen LogP contribution in [-0.2, 0) is 11.3 Å². The Morgan fingerprint density at radius 3 is 2.56 bits per heavy atom. The molecule has 1 heterocycles. The maximum Gasteiger partial charge on any atom is 0.269 e. The zero-order valence-electron chi connectivity index (χ0n) is 14.4. The van der Waals surface area contributed by atoms with Crippen LogP contribution in [0.4, 0.5) is 5.69 Å². The molecule has 8 heteroatoms. The number of hydrogen-bond donors (Lipinski definition) is 1. The van der Waals surface area contributed by atoms with Gasteiger partial charge in [-0.15, -0.1) is 0 Å². The average molecular weight is 386 g/mol. The Kier molecular flexibility index (Phi) is 7.92. The minimum atomic E-state index is -0.417. The molecule has 0 saturated carbocycles. The number of para-hydroxylation sites is 1. The standard InChI is InChI=1S/C13H13NO3S.C6H5NO2/c15-13-6-3-10-9-11(4-5-12(10)14-13)17-7-1-2-8-18-16;8-7(9)6-4-2-1-3-5-6/h3-6,8-9H,1-2,7H2,(H,14,15);1-5H. The topological polar surface area (TPSA) is 102 Å². The van der Waals surface area contributed by atoms with Gasteiger partial charge in [0.15, 0.2) is 0 Å². The van der Waals surface area contributed by atoms with Gasteiger partial charge in [-0.25, -0.2) is 4.21 Å². The van der Waals surface area contributed by atoms with Gasteiger partial charge in [0.1, 0.15) is 5.75 Å². The van der Waals surface area contributed by atoms with E-state index < -0.39 is 4.92 Å². The normalized spacial score (nSPS) is 9.78. The summed E-state index contributed by atoms with van der Waals surface area (Å²) in [6, 6.07) is 16.7. The quantitative estimate of drug-likeness (QED) is 0.303. The summed E-state index contributed by atoms with van der Waals surface area (Å²) < 4.78 is 15.7. The molecular weight excluding hydrogens is 368 g/mol. The molecule has 7 nitrogen and oxygen atoms in total. The van der Waals surface area contributed by atoms with Crippen LogP contribution >= 0.6 is 0 Å². The van der Waals surface area contributed by atoms with Crippen molar-refractivity contribution in [3.63, 3.8) is 0 Å². The molecule has 0 radical (unpaired) electrons. The van der Waals surface area contributed by atoms with Crippen molar-refractivity contribution in [3.05, 3.63) is 81.1 Å². The first-order valence-electron chi connectivity index (χ1n) is 8.16. The van der Waals surface area contributed by atoms with E-state index in [1.807, 2.05) is 18.2 Å². The van der Waals surface area contributed by atoms with Gasteiger partial charge in [-0.05, 0) is 37.1 Å². The van der Waals surface area contributed by atoms with E-state index in [0.717, 1.165) is 29.5 Å². The van der Waals surface area contributed by atoms with Crippen molar-refractivity contribution in [3.8, 4) is 5.75 Å². The van der Waals surface area contributed by atoms with Crippen LogP contribution in [0.25, 0.3) is 10.9 Å². The molecule has 0 aliphatic carbocycles. The second-order valence-corrected chi connectivity index (χ2v) is 5.94. The molecule has 1 N–H and O–H groups in total. The monoisotopic (exact) mass is 386 g/mol. The van der Waals surface area contributed by atoms with Crippen LogP contribution in [0, 0.1) is 10.1 Å². The third kappa shape index (κ3) is 6.87. The Morgan fingerprint density at radius 1 is 1.11 bits per heavy atom. The number of nitro groups is 1. The van der Waals surface area contributed by atoms with E-state index >= 15 is 0 Å². The van der Waals surface area contributed by atoms with E-state index in [1.54, 1.807) is 29.6 Å². The fraction of sp³-hybridized carbons (Fsp3) is 0.158. The van der Waals surface area contributed by atoms with E-state index in [1.165, 1.54) is 18.2 Å². The maximum atomic E-state index is 11.1. The van der Waals surface area contributed by atoms with Gasteiger partial charge in [0.05, 0.1) is 22.8 Å². The molecular formula is C19H18N2O5S. The first kappa shape index (κ1) is 20.1. The smallest absolute Gasteiger partial charge is 0.269 e. The first-order valence-corrected chi connectivity index (χ1v) is 8.96. The van der Waals surface area contributed by atoms with Crippen molar-refractivity contribution >= 4 is 33.2 Å². The molecule has 0 aliphatic heterocycles. The number of nitrogens with one attached hydrogen (secondary N) is 1. The number of ether oxygens (including phenoxy) is 1. The number of pyridine rings is 1. The largest absolute Gasteiger partial charge is 0.494 e. The number of non-ortho nitro benzene ring substituents is 1. The van der Waals surface area contributed by atoms with Crippen LogP contribution in [0.2, 0.25) is 0 Å². The minimum absolute atomic E-state index is 0.109. The lowest BCUT2D eigenvalue weighted by molar-refractivity contribution is -0.384. The Bertz CT molecular complexity index is 998. The molecule has 0 atom stereocenters.